The van der Waals surface area contributed by atoms with Gasteiger partial charge in [0.25, 0.3) is 5.91 Å². The number of anilines is 1. The summed E-state index contributed by atoms with van der Waals surface area (Å²) >= 11 is 5.98. The fraction of sp³-hybridized carbons (Fsp3) is 0.143. The summed E-state index contributed by atoms with van der Waals surface area (Å²) in [7, 11) is 2.92. The average Bonchev–Trinajstić information content (AvgIpc) is 2.49. The molecule has 0 bridgehead atoms. The normalized spacial score (nSPS) is 10.0. The third kappa shape index (κ3) is 3.35. The van der Waals surface area contributed by atoms with Crippen molar-refractivity contribution in [3.05, 3.63) is 51.5 Å². The van der Waals surface area contributed by atoms with Crippen molar-refractivity contribution in [1.82, 2.24) is 0 Å². The standard InChI is InChI=1S/C14H12ClNO5/c1-19-11-6-10(12(20-2)5-9(11)15)16-14(18)8-3-4-13(17)21-7-8/h3-7H,1-2H3,(H,16,18). The predicted octanol–water partition coefficient (Wildman–Crippen LogP) is 2.56. The van der Waals surface area contributed by atoms with Gasteiger partial charge in [-0.15, -0.1) is 0 Å². The van der Waals surface area contributed by atoms with Gasteiger partial charge in [-0.3, -0.25) is 4.79 Å². The zero-order valence-corrected chi connectivity index (χ0v) is 12.1. The van der Waals surface area contributed by atoms with Crippen molar-refractivity contribution in [3.8, 4) is 11.5 Å². The summed E-state index contributed by atoms with van der Waals surface area (Å²) in [6, 6.07) is 5.59. The summed E-state index contributed by atoms with van der Waals surface area (Å²) in [5, 5.41) is 2.99. The molecule has 1 aromatic carbocycles. The molecule has 0 fully saturated rings. The van der Waals surface area contributed by atoms with Crippen LogP contribution in [0.15, 0.2) is 39.7 Å². The molecule has 0 aliphatic rings. The molecule has 1 N–H and O–H groups in total. The van der Waals surface area contributed by atoms with Gasteiger partial charge in [-0.05, 0) is 6.07 Å². The second kappa shape index (κ2) is 6.32. The molecule has 0 aliphatic carbocycles. The third-order valence-corrected chi connectivity index (χ3v) is 2.98. The Morgan fingerprint density at radius 3 is 2.48 bits per heavy atom. The molecule has 7 heteroatoms. The van der Waals surface area contributed by atoms with E-state index < -0.39 is 11.5 Å². The molecule has 0 saturated heterocycles. The second-order valence-corrected chi connectivity index (χ2v) is 4.39. The minimum atomic E-state index is -0.530. The van der Waals surface area contributed by atoms with E-state index in [1.165, 1.54) is 32.4 Å². The summed E-state index contributed by atoms with van der Waals surface area (Å²) < 4.78 is 14.9. The van der Waals surface area contributed by atoms with Crippen molar-refractivity contribution in [1.29, 1.82) is 0 Å². The highest BCUT2D eigenvalue weighted by Crippen LogP contribution is 2.35. The van der Waals surface area contributed by atoms with Gasteiger partial charge in [0, 0.05) is 18.2 Å². The first-order valence-corrected chi connectivity index (χ1v) is 6.24. The Labute approximate surface area is 125 Å². The number of benzene rings is 1. The Kier molecular flexibility index (Phi) is 4.49. The van der Waals surface area contributed by atoms with Crippen molar-refractivity contribution in [2.24, 2.45) is 0 Å². The number of halogens is 1. The second-order valence-electron chi connectivity index (χ2n) is 3.98. The van der Waals surface area contributed by atoms with Gasteiger partial charge in [0.2, 0.25) is 0 Å². The highest BCUT2D eigenvalue weighted by atomic mass is 35.5. The zero-order valence-electron chi connectivity index (χ0n) is 11.3. The molecule has 2 aromatic rings. The number of nitrogens with one attached hydrogen (secondary N) is 1. The highest BCUT2D eigenvalue weighted by molar-refractivity contribution is 6.32. The van der Waals surface area contributed by atoms with E-state index in [9.17, 15) is 9.59 Å². The Hall–Kier alpha value is -2.47. The molecule has 110 valence electrons. The van der Waals surface area contributed by atoms with Crippen molar-refractivity contribution >= 4 is 23.2 Å². The van der Waals surface area contributed by atoms with Crippen LogP contribution in [-0.4, -0.2) is 20.1 Å². The van der Waals surface area contributed by atoms with Crippen LogP contribution < -0.4 is 20.4 Å². The van der Waals surface area contributed by atoms with E-state index in [1.54, 1.807) is 0 Å². The first kappa shape index (κ1) is 14.9. The van der Waals surface area contributed by atoms with E-state index in [-0.39, 0.29) is 5.56 Å². The summed E-state index contributed by atoms with van der Waals surface area (Å²) in [6.45, 7) is 0. The molecule has 21 heavy (non-hydrogen) atoms. The maximum absolute atomic E-state index is 12.1. The molecule has 6 nitrogen and oxygen atoms in total. The molecule has 1 amide bonds. The number of hydrogen-bond donors (Lipinski definition) is 1. The molecule has 0 saturated carbocycles. The van der Waals surface area contributed by atoms with Gasteiger partial charge in [-0.25, -0.2) is 4.79 Å². The van der Waals surface area contributed by atoms with Gasteiger partial charge in [0.15, 0.2) is 0 Å². The first-order valence-electron chi connectivity index (χ1n) is 5.87. The lowest BCUT2D eigenvalue weighted by Crippen LogP contribution is -2.13. The van der Waals surface area contributed by atoms with Crippen molar-refractivity contribution < 1.29 is 18.7 Å². The van der Waals surface area contributed by atoms with Gasteiger partial charge in [-0.2, -0.15) is 0 Å². The zero-order chi connectivity index (χ0) is 15.4. The summed E-state index contributed by atoms with van der Waals surface area (Å²) in [4.78, 5) is 23.0. The Balaban J connectivity index is 2.31. The lowest BCUT2D eigenvalue weighted by molar-refractivity contribution is 0.102. The first-order chi connectivity index (χ1) is 10.0. The third-order valence-electron chi connectivity index (χ3n) is 2.69. The quantitative estimate of drug-likeness (QED) is 0.939. The Morgan fingerprint density at radius 1 is 1.19 bits per heavy atom. The smallest absolute Gasteiger partial charge is 0.335 e. The van der Waals surface area contributed by atoms with E-state index in [4.69, 9.17) is 21.1 Å². The van der Waals surface area contributed by atoms with Crippen molar-refractivity contribution in [3.63, 3.8) is 0 Å². The van der Waals surface area contributed by atoms with Crippen LogP contribution >= 0.6 is 11.6 Å². The van der Waals surface area contributed by atoms with Crippen LogP contribution in [-0.2, 0) is 0 Å². The molecule has 1 heterocycles. The lowest BCUT2D eigenvalue weighted by atomic mass is 10.2. The van der Waals surface area contributed by atoms with Crippen LogP contribution in [0.25, 0.3) is 0 Å². The van der Waals surface area contributed by atoms with Crippen LogP contribution in [0.1, 0.15) is 10.4 Å². The molecule has 2 rings (SSSR count). The van der Waals surface area contributed by atoms with Crippen LogP contribution in [0.3, 0.4) is 0 Å². The monoisotopic (exact) mass is 309 g/mol. The van der Waals surface area contributed by atoms with Gasteiger partial charge < -0.3 is 19.2 Å². The molecular formula is C14H12ClNO5. The van der Waals surface area contributed by atoms with Crippen LogP contribution in [0.2, 0.25) is 5.02 Å². The average molecular weight is 310 g/mol. The highest BCUT2D eigenvalue weighted by Gasteiger charge is 2.14. The summed E-state index contributed by atoms with van der Waals surface area (Å²) in [6.07, 6.45) is 1.08. The summed E-state index contributed by atoms with van der Waals surface area (Å²) in [5.74, 6) is 0.320. The van der Waals surface area contributed by atoms with Crippen LogP contribution in [0, 0.1) is 0 Å². The van der Waals surface area contributed by atoms with Gasteiger partial charge in [0.05, 0.1) is 30.5 Å². The molecule has 0 atom stereocenters. The number of hydrogen-bond acceptors (Lipinski definition) is 5. The Bertz CT molecular complexity index is 705. The fourth-order valence-corrected chi connectivity index (χ4v) is 1.87. The number of rotatable bonds is 4. The van der Waals surface area contributed by atoms with E-state index in [2.05, 4.69) is 9.73 Å². The van der Waals surface area contributed by atoms with Gasteiger partial charge in [-0.1, -0.05) is 11.6 Å². The number of carbonyl (C=O) groups excluding carboxylic acids is 1. The van der Waals surface area contributed by atoms with E-state index in [0.717, 1.165) is 12.3 Å². The van der Waals surface area contributed by atoms with E-state index in [1.807, 2.05) is 0 Å². The maximum Gasteiger partial charge on any atom is 0.335 e. The van der Waals surface area contributed by atoms with Crippen LogP contribution in [0.5, 0.6) is 11.5 Å². The SMILES string of the molecule is COc1cc(NC(=O)c2ccc(=O)oc2)c(OC)cc1Cl. The van der Waals surface area contributed by atoms with Gasteiger partial charge in [0.1, 0.15) is 17.8 Å². The molecule has 0 radical (unpaired) electrons. The van der Waals surface area contributed by atoms with Crippen molar-refractivity contribution in [2.45, 2.75) is 0 Å². The molecular weight excluding hydrogens is 298 g/mol. The van der Waals surface area contributed by atoms with Gasteiger partial charge >= 0.3 is 5.63 Å². The number of methoxy groups -OCH3 is 2. The van der Waals surface area contributed by atoms with E-state index in [0.29, 0.717) is 22.2 Å². The maximum atomic E-state index is 12.1. The topological polar surface area (TPSA) is 77.8 Å². The predicted molar refractivity (Wildman–Crippen MR) is 77.5 cm³/mol. The lowest BCUT2D eigenvalue weighted by Gasteiger charge is -2.13. The van der Waals surface area contributed by atoms with Crippen LogP contribution in [0.4, 0.5) is 5.69 Å². The molecule has 0 spiro atoms. The van der Waals surface area contributed by atoms with Crippen molar-refractivity contribution in [2.75, 3.05) is 19.5 Å². The fourth-order valence-electron chi connectivity index (χ4n) is 1.64. The Morgan fingerprint density at radius 2 is 1.90 bits per heavy atom. The molecule has 0 aliphatic heterocycles. The minimum absolute atomic E-state index is 0.200. The number of amides is 1. The summed E-state index contributed by atoms with van der Waals surface area (Å²) in [5.41, 5.74) is 0.0535. The number of ether oxygens (including phenoxy) is 2. The minimum Gasteiger partial charge on any atom is -0.495 e. The molecule has 1 aromatic heterocycles. The molecule has 0 unspecified atom stereocenters. The van der Waals surface area contributed by atoms with E-state index >= 15 is 0 Å². The largest absolute Gasteiger partial charge is 0.495 e. The number of carbonyl (C=O) groups is 1.